The molecule has 0 fully saturated rings. The molecule has 2 aromatic heterocycles. The molecular weight excluding hydrogens is 340 g/mol. The van der Waals surface area contributed by atoms with E-state index in [1.165, 1.54) is 0 Å². The quantitative estimate of drug-likeness (QED) is 0.890. The summed E-state index contributed by atoms with van der Waals surface area (Å²) in [6, 6.07) is 3.25. The zero-order chi connectivity index (χ0) is 19.8. The average Bonchev–Trinajstić information content (AvgIpc) is 2.65. The molecule has 0 aliphatic carbocycles. The van der Waals surface area contributed by atoms with Gasteiger partial charge in [-0.2, -0.15) is 0 Å². The predicted molar refractivity (Wildman–Crippen MR) is 106 cm³/mol. The van der Waals surface area contributed by atoms with E-state index in [-0.39, 0.29) is 11.3 Å². The van der Waals surface area contributed by atoms with Crippen LogP contribution in [0.5, 0.6) is 0 Å². The number of hydrogen-bond donors (Lipinski definition) is 1. The highest BCUT2D eigenvalue weighted by molar-refractivity contribution is 5.82. The molecule has 1 atom stereocenters. The van der Waals surface area contributed by atoms with Crippen molar-refractivity contribution < 1.29 is 4.79 Å². The van der Waals surface area contributed by atoms with Gasteiger partial charge in [-0.3, -0.25) is 9.78 Å². The number of fused-ring (bicyclic) bond motifs is 1. The number of hydrogen-bond acceptors (Lipinski definition) is 6. The second-order valence-corrected chi connectivity index (χ2v) is 8.28. The highest BCUT2D eigenvalue weighted by Crippen LogP contribution is 2.29. The summed E-state index contributed by atoms with van der Waals surface area (Å²) in [5.74, 6) is 1.52. The predicted octanol–water partition coefficient (Wildman–Crippen LogP) is 1.86. The van der Waals surface area contributed by atoms with Gasteiger partial charge in [0, 0.05) is 44.2 Å². The van der Waals surface area contributed by atoms with Crippen LogP contribution in [0.15, 0.2) is 24.5 Å². The van der Waals surface area contributed by atoms with E-state index in [1.807, 2.05) is 56.8 Å². The zero-order valence-electron chi connectivity index (χ0n) is 16.7. The molecule has 0 unspecified atom stereocenters. The van der Waals surface area contributed by atoms with Crippen molar-refractivity contribution in [1.82, 2.24) is 19.9 Å². The molecule has 0 aromatic carbocycles. The molecule has 144 valence electrons. The van der Waals surface area contributed by atoms with E-state index in [0.717, 1.165) is 29.1 Å². The number of aromatic nitrogens is 3. The Bertz CT molecular complexity index is 828. The minimum Gasteiger partial charge on any atom is -0.362 e. The topological polar surface area (TPSA) is 88.2 Å². The fourth-order valence-electron chi connectivity index (χ4n) is 3.17. The van der Waals surface area contributed by atoms with Gasteiger partial charge in [0.1, 0.15) is 5.82 Å². The summed E-state index contributed by atoms with van der Waals surface area (Å²) in [4.78, 5) is 30.3. The van der Waals surface area contributed by atoms with Gasteiger partial charge in [0.2, 0.25) is 5.91 Å². The number of nitrogens with zero attached hydrogens (tertiary/aromatic N) is 5. The number of amides is 1. The van der Waals surface area contributed by atoms with Crippen molar-refractivity contribution in [3.63, 3.8) is 0 Å². The molecule has 1 aliphatic rings. The first-order valence-electron chi connectivity index (χ1n) is 9.20. The molecule has 3 rings (SSSR count). The smallest absolute Gasteiger partial charge is 0.240 e. The van der Waals surface area contributed by atoms with Crippen LogP contribution in [0.1, 0.15) is 32.0 Å². The van der Waals surface area contributed by atoms with Crippen LogP contribution in [0.4, 0.5) is 5.82 Å². The molecule has 0 spiro atoms. The fourth-order valence-corrected chi connectivity index (χ4v) is 3.17. The van der Waals surface area contributed by atoms with Crippen LogP contribution in [-0.4, -0.2) is 52.4 Å². The molecule has 1 amide bonds. The number of pyridine rings is 1. The third-order valence-electron chi connectivity index (χ3n) is 4.92. The van der Waals surface area contributed by atoms with Gasteiger partial charge in [-0.25, -0.2) is 9.97 Å². The SMILES string of the molecule is CN(C)c1nc(-c2ccncc2)nc2c1CCN(C(=O)[C@@H](N)C(C)(C)C)C2. The van der Waals surface area contributed by atoms with E-state index in [1.54, 1.807) is 12.4 Å². The maximum absolute atomic E-state index is 12.9. The van der Waals surface area contributed by atoms with Crippen LogP contribution in [0.2, 0.25) is 0 Å². The molecule has 2 aromatic rings. The van der Waals surface area contributed by atoms with E-state index in [4.69, 9.17) is 15.7 Å². The van der Waals surface area contributed by atoms with Crippen LogP contribution in [0.3, 0.4) is 0 Å². The lowest BCUT2D eigenvalue weighted by molar-refractivity contribution is -0.136. The highest BCUT2D eigenvalue weighted by atomic mass is 16.2. The monoisotopic (exact) mass is 368 g/mol. The van der Waals surface area contributed by atoms with Crippen LogP contribution in [-0.2, 0) is 17.8 Å². The minimum atomic E-state index is -0.533. The molecule has 27 heavy (non-hydrogen) atoms. The molecule has 7 nitrogen and oxygen atoms in total. The van der Waals surface area contributed by atoms with Crippen molar-refractivity contribution in [3.8, 4) is 11.4 Å². The maximum atomic E-state index is 12.9. The van der Waals surface area contributed by atoms with Gasteiger partial charge in [-0.05, 0) is 24.0 Å². The average molecular weight is 368 g/mol. The Morgan fingerprint density at radius 1 is 1.22 bits per heavy atom. The largest absolute Gasteiger partial charge is 0.362 e. The first kappa shape index (κ1) is 19.2. The van der Waals surface area contributed by atoms with E-state index in [9.17, 15) is 4.79 Å². The standard InChI is InChI=1S/C20H28N6O/c1-20(2,3)16(21)19(27)26-11-8-14-15(12-26)23-17(24-18(14)25(4)5)13-6-9-22-10-7-13/h6-7,9-10,16H,8,11-12,21H2,1-5H3/t16-/m1/s1. The molecular formula is C20H28N6O. The first-order chi connectivity index (χ1) is 12.7. The molecule has 3 heterocycles. The lowest BCUT2D eigenvalue weighted by atomic mass is 9.86. The normalized spacial score (nSPS) is 15.3. The van der Waals surface area contributed by atoms with Crippen LogP contribution in [0.25, 0.3) is 11.4 Å². The molecule has 0 saturated carbocycles. The molecule has 1 aliphatic heterocycles. The summed E-state index contributed by atoms with van der Waals surface area (Å²) >= 11 is 0. The van der Waals surface area contributed by atoms with Crippen LogP contribution < -0.4 is 10.6 Å². The van der Waals surface area contributed by atoms with Crippen molar-refractivity contribution in [2.45, 2.75) is 39.8 Å². The Morgan fingerprint density at radius 3 is 2.48 bits per heavy atom. The fraction of sp³-hybridized carbons (Fsp3) is 0.500. The second-order valence-electron chi connectivity index (χ2n) is 8.28. The number of anilines is 1. The Hall–Kier alpha value is -2.54. The van der Waals surface area contributed by atoms with E-state index < -0.39 is 6.04 Å². The third-order valence-corrected chi connectivity index (χ3v) is 4.92. The number of rotatable bonds is 3. The molecule has 7 heteroatoms. The Balaban J connectivity index is 1.97. The summed E-state index contributed by atoms with van der Waals surface area (Å²) < 4.78 is 0. The Morgan fingerprint density at radius 2 is 1.89 bits per heavy atom. The maximum Gasteiger partial charge on any atom is 0.240 e. The lowest BCUT2D eigenvalue weighted by Crippen LogP contribution is -2.51. The highest BCUT2D eigenvalue weighted by Gasteiger charge is 2.34. The number of carbonyl (C=O) groups excluding carboxylic acids is 1. The summed E-state index contributed by atoms with van der Waals surface area (Å²) in [5.41, 5.74) is 8.83. The Labute approximate surface area is 160 Å². The van der Waals surface area contributed by atoms with Crippen molar-refractivity contribution in [2.75, 3.05) is 25.5 Å². The van der Waals surface area contributed by atoms with E-state index in [2.05, 4.69) is 4.98 Å². The van der Waals surface area contributed by atoms with Crippen LogP contribution >= 0.6 is 0 Å². The van der Waals surface area contributed by atoms with Crippen molar-refractivity contribution >= 4 is 11.7 Å². The van der Waals surface area contributed by atoms with E-state index in [0.29, 0.717) is 18.9 Å². The van der Waals surface area contributed by atoms with Crippen LogP contribution in [0, 0.1) is 5.41 Å². The summed E-state index contributed by atoms with van der Waals surface area (Å²) in [7, 11) is 3.96. The summed E-state index contributed by atoms with van der Waals surface area (Å²) in [6.07, 6.45) is 4.18. The van der Waals surface area contributed by atoms with E-state index >= 15 is 0 Å². The zero-order valence-corrected chi connectivity index (χ0v) is 16.7. The lowest BCUT2D eigenvalue weighted by Gasteiger charge is -2.35. The van der Waals surface area contributed by atoms with Gasteiger partial charge in [0.05, 0.1) is 18.3 Å². The molecule has 0 bridgehead atoms. The van der Waals surface area contributed by atoms with Gasteiger partial charge in [0.15, 0.2) is 5.82 Å². The molecule has 2 N–H and O–H groups in total. The second kappa shape index (κ2) is 7.23. The Kier molecular flexibility index (Phi) is 5.15. The van der Waals surface area contributed by atoms with Gasteiger partial charge in [-0.15, -0.1) is 0 Å². The summed E-state index contributed by atoms with van der Waals surface area (Å²) in [5, 5.41) is 0. The minimum absolute atomic E-state index is 0.0244. The third kappa shape index (κ3) is 3.93. The number of carbonyl (C=O) groups is 1. The molecule has 0 radical (unpaired) electrons. The summed E-state index contributed by atoms with van der Waals surface area (Å²) in [6.45, 7) is 7.05. The van der Waals surface area contributed by atoms with Crippen molar-refractivity contribution in [2.24, 2.45) is 11.1 Å². The van der Waals surface area contributed by atoms with Gasteiger partial charge < -0.3 is 15.5 Å². The number of nitrogens with two attached hydrogens (primary N) is 1. The van der Waals surface area contributed by atoms with Crippen molar-refractivity contribution in [3.05, 3.63) is 35.8 Å². The van der Waals surface area contributed by atoms with Gasteiger partial charge in [-0.1, -0.05) is 20.8 Å². The van der Waals surface area contributed by atoms with Gasteiger partial charge >= 0.3 is 0 Å². The first-order valence-corrected chi connectivity index (χ1v) is 9.20. The van der Waals surface area contributed by atoms with Gasteiger partial charge in [0.25, 0.3) is 0 Å². The molecule has 0 saturated heterocycles. The van der Waals surface area contributed by atoms with Crippen molar-refractivity contribution in [1.29, 1.82) is 0 Å².